The van der Waals surface area contributed by atoms with Gasteiger partial charge in [0.15, 0.2) is 0 Å². The van der Waals surface area contributed by atoms with E-state index < -0.39 is 12.0 Å². The highest BCUT2D eigenvalue weighted by Crippen LogP contribution is 2.14. The lowest BCUT2D eigenvalue weighted by Crippen LogP contribution is -2.27. The topological polar surface area (TPSA) is 90.8 Å². The highest BCUT2D eigenvalue weighted by atomic mass is 16.3. The van der Waals surface area contributed by atoms with E-state index in [-0.39, 0.29) is 5.91 Å². The van der Waals surface area contributed by atoms with Crippen molar-refractivity contribution in [3.05, 3.63) is 29.8 Å². The molecule has 2 amide bonds. The number of hydrogen-bond donors (Lipinski definition) is 3. The number of hydrazone groups is 1. The molecule has 0 fully saturated rings. The van der Waals surface area contributed by atoms with Gasteiger partial charge in [-0.15, -0.1) is 0 Å². The minimum atomic E-state index is -0.993. The Hall–Kier alpha value is -2.21. The number of carbonyl (C=O) groups is 2. The Labute approximate surface area is 116 Å². The lowest BCUT2D eigenvalue weighted by Gasteiger charge is -2.13. The molecule has 1 unspecified atom stereocenters. The summed E-state index contributed by atoms with van der Waals surface area (Å²) in [6.07, 6.45) is 0.416. The molecule has 0 spiro atoms. The summed E-state index contributed by atoms with van der Waals surface area (Å²) in [5.41, 5.74) is 4.78. The summed E-state index contributed by atoms with van der Waals surface area (Å²) in [5.74, 6) is -0.492. The first-order chi connectivity index (χ1) is 9.60. The molecule has 1 aliphatic rings. The second kappa shape index (κ2) is 6.29. The average Bonchev–Trinajstić information content (AvgIpc) is 2.48. The van der Waals surface area contributed by atoms with Crippen molar-refractivity contribution >= 4 is 23.2 Å². The van der Waals surface area contributed by atoms with Gasteiger partial charge in [0.1, 0.15) is 6.10 Å². The molecule has 20 heavy (non-hydrogen) atoms. The first kappa shape index (κ1) is 14.2. The van der Waals surface area contributed by atoms with Gasteiger partial charge in [0.2, 0.25) is 5.91 Å². The molecule has 6 nitrogen and oxygen atoms in total. The Balaban J connectivity index is 2.03. The number of hydrogen-bond acceptors (Lipinski definition) is 4. The van der Waals surface area contributed by atoms with Crippen LogP contribution in [0.25, 0.3) is 0 Å². The van der Waals surface area contributed by atoms with Crippen LogP contribution in [-0.4, -0.2) is 28.7 Å². The van der Waals surface area contributed by atoms with Gasteiger partial charge < -0.3 is 10.4 Å². The molecule has 1 heterocycles. The quantitative estimate of drug-likeness (QED) is 0.766. The molecule has 1 aromatic rings. The maximum absolute atomic E-state index is 11.5. The summed E-state index contributed by atoms with van der Waals surface area (Å²) < 4.78 is 0. The highest BCUT2D eigenvalue weighted by molar-refractivity contribution is 6.04. The molecule has 2 rings (SSSR count). The molecule has 1 atom stereocenters. The van der Waals surface area contributed by atoms with Crippen LogP contribution < -0.4 is 10.7 Å². The Morgan fingerprint density at radius 1 is 1.40 bits per heavy atom. The summed E-state index contributed by atoms with van der Waals surface area (Å²) in [6, 6.07) is 7.14. The van der Waals surface area contributed by atoms with Crippen molar-refractivity contribution in [1.29, 1.82) is 0 Å². The Morgan fingerprint density at radius 2 is 2.10 bits per heavy atom. The molecule has 6 heteroatoms. The van der Waals surface area contributed by atoms with Crippen molar-refractivity contribution in [3.8, 4) is 0 Å². The van der Waals surface area contributed by atoms with Gasteiger partial charge in [-0.3, -0.25) is 9.59 Å². The SMILES string of the molecule is CCC(O)C(=O)Nc1ccc(C2=NNC(=O)CC2)cc1. The van der Waals surface area contributed by atoms with E-state index in [1.165, 1.54) is 0 Å². The molecule has 0 radical (unpaired) electrons. The third kappa shape index (κ3) is 3.42. The Kier molecular flexibility index (Phi) is 4.47. The van der Waals surface area contributed by atoms with Crippen LogP contribution in [0.1, 0.15) is 31.7 Å². The number of nitrogens with zero attached hydrogens (tertiary/aromatic N) is 1. The maximum atomic E-state index is 11.5. The molecular weight excluding hydrogens is 258 g/mol. The summed E-state index contributed by atoms with van der Waals surface area (Å²) in [7, 11) is 0. The zero-order valence-electron chi connectivity index (χ0n) is 11.2. The van der Waals surface area contributed by atoms with E-state index in [0.29, 0.717) is 24.9 Å². The minimum absolute atomic E-state index is 0.0776. The van der Waals surface area contributed by atoms with E-state index >= 15 is 0 Å². The van der Waals surface area contributed by atoms with Crippen LogP contribution in [0.5, 0.6) is 0 Å². The van der Waals surface area contributed by atoms with Gasteiger partial charge in [-0.2, -0.15) is 5.10 Å². The molecule has 0 aliphatic carbocycles. The van der Waals surface area contributed by atoms with Crippen LogP contribution in [-0.2, 0) is 9.59 Å². The average molecular weight is 275 g/mol. The summed E-state index contributed by atoms with van der Waals surface area (Å²) in [6.45, 7) is 1.74. The molecule has 0 saturated carbocycles. The van der Waals surface area contributed by atoms with Crippen molar-refractivity contribution < 1.29 is 14.7 Å². The predicted molar refractivity (Wildman–Crippen MR) is 75.3 cm³/mol. The molecule has 1 aliphatic heterocycles. The number of rotatable bonds is 4. The summed E-state index contributed by atoms with van der Waals surface area (Å²) in [5, 5.41) is 16.0. The van der Waals surface area contributed by atoms with Crippen molar-refractivity contribution in [2.45, 2.75) is 32.3 Å². The van der Waals surface area contributed by atoms with E-state index in [0.717, 1.165) is 11.3 Å². The van der Waals surface area contributed by atoms with Gasteiger partial charge in [0.25, 0.3) is 5.91 Å². The Bertz CT molecular complexity index is 537. The zero-order chi connectivity index (χ0) is 14.5. The van der Waals surface area contributed by atoms with Crippen LogP contribution in [0.3, 0.4) is 0 Å². The molecular formula is C14H17N3O3. The number of amides is 2. The third-order valence-corrected chi connectivity index (χ3v) is 3.08. The zero-order valence-corrected chi connectivity index (χ0v) is 11.2. The van der Waals surface area contributed by atoms with Crippen molar-refractivity contribution in [2.24, 2.45) is 5.10 Å². The van der Waals surface area contributed by atoms with Gasteiger partial charge >= 0.3 is 0 Å². The van der Waals surface area contributed by atoms with Gasteiger partial charge in [-0.25, -0.2) is 5.43 Å². The normalized spacial score (nSPS) is 16.1. The second-order valence-corrected chi connectivity index (χ2v) is 4.58. The third-order valence-electron chi connectivity index (χ3n) is 3.08. The number of aliphatic hydroxyl groups is 1. The fraction of sp³-hybridized carbons (Fsp3) is 0.357. The van der Waals surface area contributed by atoms with E-state index in [1.807, 2.05) is 12.1 Å². The van der Waals surface area contributed by atoms with Crippen molar-refractivity contribution in [1.82, 2.24) is 5.43 Å². The van der Waals surface area contributed by atoms with E-state index in [2.05, 4.69) is 15.8 Å². The minimum Gasteiger partial charge on any atom is -0.383 e. The molecule has 1 aromatic carbocycles. The van der Waals surface area contributed by atoms with Crippen LogP contribution in [0, 0.1) is 0 Å². The number of aliphatic hydroxyl groups excluding tert-OH is 1. The largest absolute Gasteiger partial charge is 0.383 e. The van der Waals surface area contributed by atoms with Gasteiger partial charge in [0.05, 0.1) is 5.71 Å². The van der Waals surface area contributed by atoms with Gasteiger partial charge in [-0.1, -0.05) is 19.1 Å². The first-order valence-electron chi connectivity index (χ1n) is 6.55. The number of nitrogens with one attached hydrogen (secondary N) is 2. The van der Waals surface area contributed by atoms with Crippen LogP contribution in [0.4, 0.5) is 5.69 Å². The summed E-state index contributed by atoms with van der Waals surface area (Å²) >= 11 is 0. The number of benzene rings is 1. The van der Waals surface area contributed by atoms with Gasteiger partial charge in [0, 0.05) is 18.5 Å². The molecule has 106 valence electrons. The standard InChI is InChI=1S/C14H17N3O3/c1-2-12(18)14(20)15-10-5-3-9(4-6-10)11-7-8-13(19)17-16-11/h3-6,12,18H,2,7-8H2,1H3,(H,15,20)(H,17,19). The molecule has 0 bridgehead atoms. The van der Waals surface area contributed by atoms with Crippen LogP contribution in [0.2, 0.25) is 0 Å². The van der Waals surface area contributed by atoms with Crippen LogP contribution >= 0.6 is 0 Å². The monoisotopic (exact) mass is 275 g/mol. The second-order valence-electron chi connectivity index (χ2n) is 4.58. The van der Waals surface area contributed by atoms with E-state index in [4.69, 9.17) is 0 Å². The lowest BCUT2D eigenvalue weighted by molar-refractivity contribution is -0.124. The highest BCUT2D eigenvalue weighted by Gasteiger charge is 2.14. The summed E-state index contributed by atoms with van der Waals surface area (Å²) in [4.78, 5) is 22.6. The smallest absolute Gasteiger partial charge is 0.253 e. The maximum Gasteiger partial charge on any atom is 0.253 e. The van der Waals surface area contributed by atoms with E-state index in [9.17, 15) is 14.7 Å². The lowest BCUT2D eigenvalue weighted by atomic mass is 10.0. The molecule has 0 saturated heterocycles. The van der Waals surface area contributed by atoms with Crippen molar-refractivity contribution in [2.75, 3.05) is 5.32 Å². The molecule has 3 N–H and O–H groups in total. The fourth-order valence-electron chi connectivity index (χ4n) is 1.84. The van der Waals surface area contributed by atoms with Gasteiger partial charge in [-0.05, 0) is 24.1 Å². The van der Waals surface area contributed by atoms with Crippen molar-refractivity contribution in [3.63, 3.8) is 0 Å². The van der Waals surface area contributed by atoms with Crippen LogP contribution in [0.15, 0.2) is 29.4 Å². The fourth-order valence-corrected chi connectivity index (χ4v) is 1.84. The Morgan fingerprint density at radius 3 is 2.65 bits per heavy atom. The number of anilines is 1. The number of carbonyl (C=O) groups excluding carboxylic acids is 2. The van der Waals surface area contributed by atoms with E-state index in [1.54, 1.807) is 19.1 Å². The molecule has 0 aromatic heterocycles. The predicted octanol–water partition coefficient (Wildman–Crippen LogP) is 1.01. The first-order valence-corrected chi connectivity index (χ1v) is 6.55.